The Balaban J connectivity index is 1.47. The number of ether oxygens (including phenoxy) is 24. The molecule has 0 radical (unpaired) electrons. The van der Waals surface area contributed by atoms with Gasteiger partial charge in [0, 0.05) is 96.2 Å². The summed E-state index contributed by atoms with van der Waals surface area (Å²) >= 11 is 0. The lowest BCUT2D eigenvalue weighted by atomic mass is 9.96. The number of carboxylic acids is 1. The van der Waals surface area contributed by atoms with E-state index in [1.54, 1.807) is 0 Å². The van der Waals surface area contributed by atoms with Gasteiger partial charge in [0.05, 0.1) is 119 Å². The summed E-state index contributed by atoms with van der Waals surface area (Å²) in [5.74, 6) is -12.2. The highest BCUT2D eigenvalue weighted by atomic mass is 16.7. The van der Waals surface area contributed by atoms with Gasteiger partial charge < -0.3 is 156 Å². The molecule has 3 fully saturated rings. The average Bonchev–Trinajstić information content (AvgIpc) is 0.796. The molecule has 7 amide bonds. The van der Waals surface area contributed by atoms with Crippen LogP contribution in [0.4, 0.5) is 0 Å². The van der Waals surface area contributed by atoms with E-state index in [9.17, 15) is 86.6 Å². The minimum atomic E-state index is -1.42. The Morgan fingerprint density at radius 3 is 0.803 bits per heavy atom. The van der Waals surface area contributed by atoms with Gasteiger partial charge in [-0.2, -0.15) is 0 Å². The van der Waals surface area contributed by atoms with Crippen LogP contribution in [0, 0.1) is 0 Å². The summed E-state index contributed by atoms with van der Waals surface area (Å²) in [6, 6.07) is -6.22. The fourth-order valence-corrected chi connectivity index (χ4v) is 12.3. The van der Waals surface area contributed by atoms with E-state index in [0.717, 1.165) is 62.3 Å². The van der Waals surface area contributed by atoms with Crippen molar-refractivity contribution in [1.29, 1.82) is 0 Å². The molecule has 3 saturated heterocycles. The second-order valence-corrected chi connectivity index (χ2v) is 28.3. The van der Waals surface area contributed by atoms with Crippen LogP contribution >= 0.6 is 0 Å². The minimum absolute atomic E-state index is 0.00367. The smallest absolute Gasteiger partial charge is 0.326 e. The molecule has 0 bridgehead atoms. The van der Waals surface area contributed by atoms with Gasteiger partial charge in [-0.1, -0.05) is 0 Å². The molecule has 0 aliphatic carbocycles. The van der Waals surface area contributed by atoms with Crippen molar-refractivity contribution in [3.63, 3.8) is 0 Å². The van der Waals surface area contributed by atoms with Crippen LogP contribution in [-0.2, 0) is 195 Å². The van der Waals surface area contributed by atoms with Crippen molar-refractivity contribution < 1.29 is 200 Å². The molecule has 8 N–H and O–H groups in total. The van der Waals surface area contributed by atoms with Gasteiger partial charge in [-0.25, -0.2) is 4.79 Å². The number of unbranched alkanes of at least 4 members (excludes halogenated alkanes) is 2. The number of carboxylic acid groups (broad SMARTS) is 1. The molecule has 724 valence electrons. The van der Waals surface area contributed by atoms with Crippen molar-refractivity contribution in [1.82, 2.24) is 37.2 Å². The van der Waals surface area contributed by atoms with Gasteiger partial charge in [-0.05, 0) is 38.5 Å². The number of hydrogen-bond donors (Lipinski definition) is 8. The molecule has 49 nitrogen and oxygen atoms in total. The maximum absolute atomic E-state index is 13.8. The highest BCUT2D eigenvalue weighted by Gasteiger charge is 2.54. The van der Waals surface area contributed by atoms with Crippen molar-refractivity contribution >= 4 is 101 Å². The number of carbonyl (C=O) groups is 17. The summed E-state index contributed by atoms with van der Waals surface area (Å²) in [6.45, 7) is 11.6. The zero-order valence-electron chi connectivity index (χ0n) is 73.6. The molecule has 0 aromatic carbocycles. The lowest BCUT2D eigenvalue weighted by Crippen LogP contribution is -2.66. The second kappa shape index (κ2) is 64.2. The summed E-state index contributed by atoms with van der Waals surface area (Å²) < 4.78 is 133. The number of amides is 7. The topological polar surface area (TPSA) is 616 Å². The third-order valence-corrected chi connectivity index (χ3v) is 17.4. The van der Waals surface area contributed by atoms with Gasteiger partial charge >= 0.3 is 59.7 Å². The first-order chi connectivity index (χ1) is 60.5. The third-order valence-electron chi connectivity index (χ3n) is 17.4. The van der Waals surface area contributed by atoms with Crippen LogP contribution in [-0.4, -0.2) is 382 Å². The van der Waals surface area contributed by atoms with Crippen LogP contribution in [0.1, 0.15) is 122 Å². The summed E-state index contributed by atoms with van der Waals surface area (Å²) in [4.78, 5) is 209. The standard InChI is InChI=1S/C78H125N7O42/c1-45(86)81-65-71(122-54(10)95)68(119-51(7)92)59(39-116-48(4)89)125-76(65)113-36-33-107-24-21-104-27-30-110-42-62(98)79-19-15-13-17-57(84-64(100)44-112-32-29-106-23-26-109-35-38-115-78-67(83-47(3)88)73(124-56(12)97)70(121-53(9)94)61(127-78)41-118-50(6)91)74(101)85-58(75(102)103)18-14-16-20-80-63(99)43-111-31-28-105-22-25-108-34-37-114-77-66(82-46(2)87)72(123-55(11)96)69(120-52(8)93)60(126-77)40-117-49(5)90/h57-61,65-73,76-78H,13-44H2,1-12H3,(H,79,98)(H,80,99)(H,81,86)(H,82,87)(H,83,88)(H,84,100)(H,85,101)(H,102,103). The predicted octanol–water partition coefficient (Wildman–Crippen LogP) is -4.22. The van der Waals surface area contributed by atoms with E-state index in [1.165, 1.54) is 20.8 Å². The van der Waals surface area contributed by atoms with E-state index in [2.05, 4.69) is 37.2 Å². The molecule has 0 saturated carbocycles. The van der Waals surface area contributed by atoms with Crippen molar-refractivity contribution in [3.8, 4) is 0 Å². The molecular weight excluding hydrogens is 1710 g/mol. The molecule has 17 atom stereocenters. The maximum atomic E-state index is 13.8. The number of hydrogen-bond acceptors (Lipinski definition) is 41. The molecule has 17 unspecified atom stereocenters. The summed E-state index contributed by atoms with van der Waals surface area (Å²) in [5, 5.41) is 28.4. The van der Waals surface area contributed by atoms with Crippen LogP contribution in [0.25, 0.3) is 0 Å². The number of aliphatic carboxylic acids is 1. The normalized spacial score (nSPS) is 22.3. The van der Waals surface area contributed by atoms with E-state index in [-0.39, 0.29) is 171 Å². The third kappa shape index (κ3) is 49.5. The molecule has 3 heterocycles. The summed E-state index contributed by atoms with van der Waals surface area (Å²) in [6.07, 6.45) is -14.3. The van der Waals surface area contributed by atoms with E-state index in [4.69, 9.17) is 114 Å². The molecule has 127 heavy (non-hydrogen) atoms. The number of rotatable bonds is 65. The minimum Gasteiger partial charge on any atom is -0.480 e. The fraction of sp³-hybridized carbons (Fsp3) is 0.782. The van der Waals surface area contributed by atoms with Crippen molar-refractivity contribution in [2.24, 2.45) is 0 Å². The van der Waals surface area contributed by atoms with Gasteiger partial charge in [0.25, 0.3) is 0 Å². The van der Waals surface area contributed by atoms with E-state index >= 15 is 0 Å². The van der Waals surface area contributed by atoms with Crippen LogP contribution in [0.15, 0.2) is 0 Å². The predicted molar refractivity (Wildman–Crippen MR) is 422 cm³/mol. The van der Waals surface area contributed by atoms with E-state index < -0.39 is 231 Å². The van der Waals surface area contributed by atoms with E-state index in [1.807, 2.05) is 0 Å². The lowest BCUT2D eigenvalue weighted by molar-refractivity contribution is -0.279. The molecule has 3 rings (SSSR count). The largest absolute Gasteiger partial charge is 0.480 e. The molecule has 49 heteroatoms. The van der Waals surface area contributed by atoms with Crippen LogP contribution in [0.5, 0.6) is 0 Å². The van der Waals surface area contributed by atoms with Crippen LogP contribution in [0.3, 0.4) is 0 Å². The zero-order chi connectivity index (χ0) is 94.2. The molecule has 0 aromatic heterocycles. The van der Waals surface area contributed by atoms with Gasteiger partial charge in [0.15, 0.2) is 55.5 Å². The highest BCUT2D eigenvalue weighted by Crippen LogP contribution is 2.32. The van der Waals surface area contributed by atoms with E-state index in [0.29, 0.717) is 12.8 Å². The molecular formula is C78H125N7O42. The number of nitrogens with one attached hydrogen (secondary N) is 7. The first-order valence-corrected chi connectivity index (χ1v) is 41.1. The van der Waals surface area contributed by atoms with Crippen molar-refractivity contribution in [3.05, 3.63) is 0 Å². The number of esters is 9. The Hall–Kier alpha value is -9.61. The highest BCUT2D eigenvalue weighted by molar-refractivity contribution is 5.90. The quantitative estimate of drug-likeness (QED) is 0.0163. The maximum Gasteiger partial charge on any atom is 0.326 e. The average molecular weight is 1830 g/mol. The summed E-state index contributed by atoms with van der Waals surface area (Å²) in [7, 11) is 0. The first-order valence-electron chi connectivity index (χ1n) is 41.1. The van der Waals surface area contributed by atoms with Gasteiger partial charge in [-0.3, -0.25) is 76.7 Å². The number of carbonyl (C=O) groups excluding carboxylic acids is 16. The van der Waals surface area contributed by atoms with Gasteiger partial charge in [0.1, 0.15) is 88.2 Å². The first kappa shape index (κ1) is 112. The Labute approximate surface area is 733 Å². The molecule has 3 aliphatic rings. The lowest BCUT2D eigenvalue weighted by Gasteiger charge is -2.44. The van der Waals surface area contributed by atoms with Crippen LogP contribution in [0.2, 0.25) is 0 Å². The summed E-state index contributed by atoms with van der Waals surface area (Å²) in [5.41, 5.74) is 0. The molecule has 0 spiro atoms. The van der Waals surface area contributed by atoms with Crippen molar-refractivity contribution in [2.45, 2.75) is 226 Å². The van der Waals surface area contributed by atoms with Crippen LogP contribution < -0.4 is 37.2 Å². The Kier molecular flexibility index (Phi) is 56.4. The Morgan fingerprint density at radius 1 is 0.291 bits per heavy atom. The zero-order valence-corrected chi connectivity index (χ0v) is 73.6. The Morgan fingerprint density at radius 2 is 0.543 bits per heavy atom. The SMILES string of the molecule is CC(=O)NC1C(OCCOCCOCCOCC(=O)NCCCCC(NC(=O)C(CCCCNC(=O)COCCOCCOCCOC2OC(COC(C)=O)C(OC(C)=O)C(OC(C)=O)C2NC(C)=O)NC(=O)COCCOCCOCCOC2OC(COC(C)=O)C(OC(C)=O)C(OC(C)=O)C2NC(C)=O)C(=O)O)OC(COC(C)=O)C(OC(C)=O)C1OC(C)=O. The fourth-order valence-electron chi connectivity index (χ4n) is 12.3. The van der Waals surface area contributed by atoms with Crippen molar-refractivity contribution in [2.75, 3.05) is 172 Å². The van der Waals surface area contributed by atoms with Gasteiger partial charge in [-0.15, -0.1) is 0 Å². The molecule has 3 aliphatic heterocycles. The van der Waals surface area contributed by atoms with Gasteiger partial charge in [0.2, 0.25) is 41.4 Å². The molecule has 0 aromatic rings. The second-order valence-electron chi connectivity index (χ2n) is 28.3. The monoisotopic (exact) mass is 1830 g/mol. The Bertz CT molecular complexity index is 3430.